The van der Waals surface area contributed by atoms with E-state index in [1.165, 1.54) is 0 Å². The van der Waals surface area contributed by atoms with Gasteiger partial charge in [-0.3, -0.25) is 0 Å². The van der Waals surface area contributed by atoms with Gasteiger partial charge in [0.25, 0.3) is 0 Å². The lowest BCUT2D eigenvalue weighted by molar-refractivity contribution is -0.183. The third kappa shape index (κ3) is 3.85. The number of rotatable bonds is 3. The van der Waals surface area contributed by atoms with Crippen LogP contribution >= 0.6 is 0 Å². The maximum atomic E-state index is 12.7. The van der Waals surface area contributed by atoms with Crippen LogP contribution in [0.3, 0.4) is 0 Å². The minimum absolute atomic E-state index is 0.00452. The van der Waals surface area contributed by atoms with Crippen molar-refractivity contribution in [2.24, 2.45) is 5.92 Å². The zero-order valence-corrected chi connectivity index (χ0v) is 10.8. The third-order valence-electron chi connectivity index (χ3n) is 4.09. The van der Waals surface area contributed by atoms with Crippen LogP contribution in [0.2, 0.25) is 0 Å². The van der Waals surface area contributed by atoms with E-state index in [0.29, 0.717) is 25.5 Å². The molecule has 2 fully saturated rings. The summed E-state index contributed by atoms with van der Waals surface area (Å²) in [5.41, 5.74) is 0. The van der Waals surface area contributed by atoms with Gasteiger partial charge in [-0.25, -0.2) is 0 Å². The van der Waals surface area contributed by atoms with Crippen LogP contribution in [0.4, 0.5) is 13.2 Å². The van der Waals surface area contributed by atoms with Gasteiger partial charge >= 0.3 is 6.18 Å². The van der Waals surface area contributed by atoms with Crippen LogP contribution < -0.4 is 5.32 Å². The number of nitrogens with one attached hydrogen (secondary N) is 1. The monoisotopic (exact) mass is 265 g/mol. The molecule has 0 aromatic heterocycles. The van der Waals surface area contributed by atoms with Gasteiger partial charge in [0.1, 0.15) is 0 Å². The Morgan fingerprint density at radius 3 is 2.56 bits per heavy atom. The van der Waals surface area contributed by atoms with E-state index >= 15 is 0 Å². The van der Waals surface area contributed by atoms with Crippen LogP contribution in [-0.2, 0) is 4.74 Å². The fraction of sp³-hybridized carbons (Fsp3) is 1.00. The van der Waals surface area contributed by atoms with Crippen molar-refractivity contribution < 1.29 is 17.9 Å². The Kier molecular flexibility index (Phi) is 4.54. The van der Waals surface area contributed by atoms with Gasteiger partial charge in [0.05, 0.1) is 18.1 Å². The molecule has 1 saturated heterocycles. The average molecular weight is 265 g/mol. The van der Waals surface area contributed by atoms with Gasteiger partial charge in [0.15, 0.2) is 0 Å². The molecule has 0 amide bonds. The Morgan fingerprint density at radius 2 is 1.94 bits per heavy atom. The first-order valence-electron chi connectivity index (χ1n) is 6.90. The highest BCUT2D eigenvalue weighted by atomic mass is 19.4. The number of ether oxygens (including phenoxy) is 1. The van der Waals surface area contributed by atoms with Crippen molar-refractivity contribution >= 4 is 0 Å². The molecule has 1 heterocycles. The van der Waals surface area contributed by atoms with Crippen molar-refractivity contribution in [1.82, 2.24) is 5.32 Å². The molecule has 1 N–H and O–H groups in total. The van der Waals surface area contributed by atoms with Crippen molar-refractivity contribution in [2.45, 2.75) is 69.9 Å². The van der Waals surface area contributed by atoms with Crippen molar-refractivity contribution in [1.29, 1.82) is 0 Å². The topological polar surface area (TPSA) is 21.3 Å². The first kappa shape index (κ1) is 14.1. The van der Waals surface area contributed by atoms with Crippen LogP contribution in [-0.4, -0.2) is 31.0 Å². The molecule has 0 aromatic rings. The maximum absolute atomic E-state index is 12.7. The van der Waals surface area contributed by atoms with E-state index in [0.717, 1.165) is 19.3 Å². The van der Waals surface area contributed by atoms with E-state index in [1.54, 1.807) is 0 Å². The minimum Gasteiger partial charge on any atom is -0.374 e. The van der Waals surface area contributed by atoms with E-state index in [-0.39, 0.29) is 18.6 Å². The van der Waals surface area contributed by atoms with E-state index in [2.05, 4.69) is 5.32 Å². The maximum Gasteiger partial charge on any atom is 0.391 e. The van der Waals surface area contributed by atoms with Crippen LogP contribution in [0.25, 0.3) is 0 Å². The van der Waals surface area contributed by atoms with Crippen molar-refractivity contribution in [2.75, 3.05) is 6.54 Å². The Bertz CT molecular complexity index is 269. The average Bonchev–Trinajstić information content (AvgIpc) is 2.72. The summed E-state index contributed by atoms with van der Waals surface area (Å²) < 4.78 is 43.6. The quantitative estimate of drug-likeness (QED) is 0.845. The van der Waals surface area contributed by atoms with Crippen molar-refractivity contribution in [3.05, 3.63) is 0 Å². The van der Waals surface area contributed by atoms with Crippen LogP contribution in [0.1, 0.15) is 45.4 Å². The largest absolute Gasteiger partial charge is 0.391 e. The first-order valence-corrected chi connectivity index (χ1v) is 6.90. The predicted octanol–water partition coefficient (Wildman–Crippen LogP) is 3.26. The third-order valence-corrected chi connectivity index (χ3v) is 4.09. The van der Waals surface area contributed by atoms with E-state index in [9.17, 15) is 13.2 Å². The lowest BCUT2D eigenvalue weighted by atomic mass is 9.85. The Balaban J connectivity index is 1.73. The SMILES string of the molecule is CC1CCC(CNC2CCCC(C(F)(F)F)C2)O1. The standard InChI is InChI=1S/C13H22F3NO/c1-9-5-6-12(18-9)8-17-11-4-2-3-10(7-11)13(14,15)16/h9-12,17H,2-8H2,1H3. The molecule has 4 atom stereocenters. The molecule has 2 rings (SSSR count). The molecular formula is C13H22F3NO. The second-order valence-corrected chi connectivity index (χ2v) is 5.66. The summed E-state index contributed by atoms with van der Waals surface area (Å²) in [6.07, 6.45) is 0.574. The molecule has 106 valence electrons. The van der Waals surface area contributed by atoms with Gasteiger partial charge in [0.2, 0.25) is 0 Å². The lowest BCUT2D eigenvalue weighted by Gasteiger charge is -2.31. The molecular weight excluding hydrogens is 243 g/mol. The molecule has 1 saturated carbocycles. The van der Waals surface area contributed by atoms with Gasteiger partial charge in [-0.15, -0.1) is 0 Å². The number of alkyl halides is 3. The molecule has 2 nitrogen and oxygen atoms in total. The second kappa shape index (κ2) is 5.78. The van der Waals surface area contributed by atoms with E-state index in [1.807, 2.05) is 6.92 Å². The predicted molar refractivity (Wildman–Crippen MR) is 63.4 cm³/mol. The van der Waals surface area contributed by atoms with E-state index in [4.69, 9.17) is 4.74 Å². The van der Waals surface area contributed by atoms with Gasteiger partial charge in [-0.1, -0.05) is 6.42 Å². The summed E-state index contributed by atoms with van der Waals surface area (Å²) in [5, 5.41) is 3.26. The summed E-state index contributed by atoms with van der Waals surface area (Å²) in [6.45, 7) is 2.74. The molecule has 2 aliphatic rings. The molecule has 4 unspecified atom stereocenters. The number of hydrogen-bond acceptors (Lipinski definition) is 2. The Morgan fingerprint density at radius 1 is 1.17 bits per heavy atom. The van der Waals surface area contributed by atoms with E-state index < -0.39 is 12.1 Å². The highest BCUT2D eigenvalue weighted by molar-refractivity contribution is 4.83. The molecule has 5 heteroatoms. The smallest absolute Gasteiger partial charge is 0.374 e. The Labute approximate surface area is 106 Å². The highest BCUT2D eigenvalue weighted by Crippen LogP contribution is 2.37. The summed E-state index contributed by atoms with van der Waals surface area (Å²) in [7, 11) is 0. The normalized spacial score (nSPS) is 38.0. The van der Waals surface area contributed by atoms with Crippen LogP contribution in [0.15, 0.2) is 0 Å². The fourth-order valence-corrected chi connectivity index (χ4v) is 3.01. The molecule has 1 aliphatic heterocycles. The zero-order valence-electron chi connectivity index (χ0n) is 10.8. The molecule has 0 bridgehead atoms. The molecule has 0 aromatic carbocycles. The van der Waals surface area contributed by atoms with Crippen LogP contribution in [0, 0.1) is 5.92 Å². The summed E-state index contributed by atoms with van der Waals surface area (Å²) in [6, 6.07) is 0.00452. The zero-order chi connectivity index (χ0) is 13.2. The Hall–Kier alpha value is -0.290. The fourth-order valence-electron chi connectivity index (χ4n) is 3.01. The summed E-state index contributed by atoms with van der Waals surface area (Å²) in [5.74, 6) is -1.12. The minimum atomic E-state index is -4.03. The van der Waals surface area contributed by atoms with Gasteiger partial charge in [-0.2, -0.15) is 13.2 Å². The van der Waals surface area contributed by atoms with Crippen molar-refractivity contribution in [3.8, 4) is 0 Å². The number of hydrogen-bond donors (Lipinski definition) is 1. The molecule has 0 spiro atoms. The summed E-state index contributed by atoms with van der Waals surface area (Å²) >= 11 is 0. The van der Waals surface area contributed by atoms with Crippen molar-refractivity contribution in [3.63, 3.8) is 0 Å². The lowest BCUT2D eigenvalue weighted by Crippen LogP contribution is -2.41. The molecule has 18 heavy (non-hydrogen) atoms. The second-order valence-electron chi connectivity index (χ2n) is 5.66. The number of halogens is 3. The van der Waals surface area contributed by atoms with Gasteiger partial charge in [-0.05, 0) is 39.0 Å². The summed E-state index contributed by atoms with van der Waals surface area (Å²) in [4.78, 5) is 0. The molecule has 1 aliphatic carbocycles. The highest BCUT2D eigenvalue weighted by Gasteiger charge is 2.42. The molecule has 0 radical (unpaired) electrons. The van der Waals surface area contributed by atoms with Crippen LogP contribution in [0.5, 0.6) is 0 Å². The first-order chi connectivity index (χ1) is 8.45. The van der Waals surface area contributed by atoms with Gasteiger partial charge in [0, 0.05) is 12.6 Å². The van der Waals surface area contributed by atoms with Gasteiger partial charge < -0.3 is 10.1 Å².